The van der Waals surface area contributed by atoms with Crippen molar-refractivity contribution in [2.24, 2.45) is 0 Å². The Hall–Kier alpha value is -2.37. The predicted molar refractivity (Wildman–Crippen MR) is 110 cm³/mol. The number of halogens is 1. The molecule has 2 amide bonds. The molecule has 0 aliphatic heterocycles. The molecule has 0 saturated carbocycles. The lowest BCUT2D eigenvalue weighted by Gasteiger charge is -2.26. The lowest BCUT2D eigenvalue weighted by Crippen LogP contribution is -2.37. The maximum Gasteiger partial charge on any atom is 0.253 e. The molecule has 27 heavy (non-hydrogen) atoms. The zero-order valence-electron chi connectivity index (χ0n) is 16.2. The summed E-state index contributed by atoms with van der Waals surface area (Å²) < 4.78 is 0. The van der Waals surface area contributed by atoms with E-state index in [0.29, 0.717) is 22.8 Å². The fourth-order valence-electron chi connectivity index (χ4n) is 2.66. The van der Waals surface area contributed by atoms with Crippen molar-refractivity contribution in [2.75, 3.05) is 26.0 Å². The van der Waals surface area contributed by atoms with Crippen molar-refractivity contribution in [3.8, 4) is 0 Å². The Labute approximate surface area is 165 Å². The third-order valence-corrected chi connectivity index (χ3v) is 4.39. The lowest BCUT2D eigenvalue weighted by molar-refractivity contribution is -0.117. The number of nitrogens with one attached hydrogen (secondary N) is 1. The molecule has 2 rings (SSSR count). The van der Waals surface area contributed by atoms with E-state index in [1.165, 1.54) is 4.90 Å². The number of carbonyl (C=O) groups excluding carboxylic acids is 2. The van der Waals surface area contributed by atoms with E-state index >= 15 is 0 Å². The molecule has 5 nitrogen and oxygen atoms in total. The van der Waals surface area contributed by atoms with E-state index in [9.17, 15) is 9.59 Å². The molecule has 0 aliphatic carbocycles. The molecule has 2 aromatic rings. The lowest BCUT2D eigenvalue weighted by atomic mass is 10.1. The number of anilines is 1. The van der Waals surface area contributed by atoms with Crippen LogP contribution in [0.2, 0.25) is 5.02 Å². The monoisotopic (exact) mass is 387 g/mol. The summed E-state index contributed by atoms with van der Waals surface area (Å²) in [6.45, 7) is 4.98. The van der Waals surface area contributed by atoms with Gasteiger partial charge in [-0.05, 0) is 49.7 Å². The van der Waals surface area contributed by atoms with Gasteiger partial charge in [-0.25, -0.2) is 0 Å². The fraction of sp³-hybridized carbons (Fsp3) is 0.333. The third-order valence-electron chi connectivity index (χ3n) is 4.15. The average Bonchev–Trinajstić information content (AvgIpc) is 2.60. The molecule has 0 radical (unpaired) electrons. The molecule has 0 spiro atoms. The standard InChI is InChI=1S/C21H26ClN3O2/c1-15(2)25(13-16-7-5-9-18(22)11-16)14-20(26)23-19-10-6-8-17(12-19)21(27)24(3)4/h5-12,15H,13-14H2,1-4H3,(H,23,26). The van der Waals surface area contributed by atoms with Gasteiger partial charge in [0.2, 0.25) is 5.91 Å². The molecule has 0 heterocycles. The minimum Gasteiger partial charge on any atom is -0.345 e. The van der Waals surface area contributed by atoms with Gasteiger partial charge in [0.1, 0.15) is 0 Å². The van der Waals surface area contributed by atoms with Gasteiger partial charge < -0.3 is 10.2 Å². The first-order valence-corrected chi connectivity index (χ1v) is 9.24. The number of carbonyl (C=O) groups is 2. The molecule has 0 aliphatic rings. The van der Waals surface area contributed by atoms with Crippen molar-refractivity contribution in [3.05, 3.63) is 64.7 Å². The largest absolute Gasteiger partial charge is 0.345 e. The summed E-state index contributed by atoms with van der Waals surface area (Å²) in [6.07, 6.45) is 0. The third kappa shape index (κ3) is 6.38. The molecule has 0 saturated heterocycles. The Bertz CT molecular complexity index is 806. The van der Waals surface area contributed by atoms with Gasteiger partial charge in [0.15, 0.2) is 0 Å². The molecule has 6 heteroatoms. The number of benzene rings is 2. The smallest absolute Gasteiger partial charge is 0.253 e. The van der Waals surface area contributed by atoms with Gasteiger partial charge >= 0.3 is 0 Å². The minimum atomic E-state index is -0.125. The Balaban J connectivity index is 2.04. The average molecular weight is 388 g/mol. The van der Waals surface area contributed by atoms with Crippen LogP contribution >= 0.6 is 11.6 Å². The van der Waals surface area contributed by atoms with Gasteiger partial charge in [-0.2, -0.15) is 0 Å². The van der Waals surface area contributed by atoms with Crippen LogP contribution in [0.1, 0.15) is 29.8 Å². The van der Waals surface area contributed by atoms with Crippen molar-refractivity contribution in [3.63, 3.8) is 0 Å². The normalized spacial score (nSPS) is 10.9. The second-order valence-corrected chi connectivity index (χ2v) is 7.39. The van der Waals surface area contributed by atoms with Crippen LogP contribution in [0.25, 0.3) is 0 Å². The summed E-state index contributed by atoms with van der Waals surface area (Å²) in [4.78, 5) is 28.2. The number of amides is 2. The second-order valence-electron chi connectivity index (χ2n) is 6.96. The van der Waals surface area contributed by atoms with Crippen LogP contribution in [0.15, 0.2) is 48.5 Å². The molecule has 0 unspecified atom stereocenters. The van der Waals surface area contributed by atoms with Gasteiger partial charge in [-0.15, -0.1) is 0 Å². The molecule has 1 N–H and O–H groups in total. The van der Waals surface area contributed by atoms with Crippen LogP contribution in [0.4, 0.5) is 5.69 Å². The molecule has 2 aromatic carbocycles. The van der Waals surface area contributed by atoms with Crippen LogP contribution in [0.3, 0.4) is 0 Å². The van der Waals surface area contributed by atoms with E-state index in [2.05, 4.69) is 10.2 Å². The predicted octanol–water partition coefficient (Wildman–Crippen LogP) is 3.89. The molecule has 144 valence electrons. The fourth-order valence-corrected chi connectivity index (χ4v) is 2.88. The zero-order chi connectivity index (χ0) is 20.0. The van der Waals surface area contributed by atoms with Crippen LogP contribution < -0.4 is 5.32 Å². The van der Waals surface area contributed by atoms with E-state index in [1.807, 2.05) is 38.1 Å². The minimum absolute atomic E-state index is 0.101. The van der Waals surface area contributed by atoms with Crippen molar-refractivity contribution < 1.29 is 9.59 Å². The van der Waals surface area contributed by atoms with Gasteiger partial charge in [0.25, 0.3) is 5.91 Å². The SMILES string of the molecule is CC(C)N(CC(=O)Nc1cccc(C(=O)N(C)C)c1)Cc1cccc(Cl)c1. The highest BCUT2D eigenvalue weighted by Gasteiger charge is 2.16. The summed E-state index contributed by atoms with van der Waals surface area (Å²) >= 11 is 6.05. The van der Waals surface area contributed by atoms with E-state index in [0.717, 1.165) is 5.56 Å². The number of rotatable bonds is 7. The number of hydrogen-bond acceptors (Lipinski definition) is 3. The van der Waals surface area contributed by atoms with Crippen LogP contribution in [0.5, 0.6) is 0 Å². The number of nitrogens with zero attached hydrogens (tertiary/aromatic N) is 2. The number of hydrogen-bond donors (Lipinski definition) is 1. The van der Waals surface area contributed by atoms with E-state index in [-0.39, 0.29) is 24.4 Å². The molecule has 0 aromatic heterocycles. The Morgan fingerprint density at radius 3 is 2.41 bits per heavy atom. The highest BCUT2D eigenvalue weighted by atomic mass is 35.5. The zero-order valence-corrected chi connectivity index (χ0v) is 17.0. The summed E-state index contributed by atoms with van der Waals surface area (Å²) in [5.41, 5.74) is 2.21. The maximum atomic E-state index is 12.5. The highest BCUT2D eigenvalue weighted by molar-refractivity contribution is 6.30. The van der Waals surface area contributed by atoms with E-state index < -0.39 is 0 Å². The van der Waals surface area contributed by atoms with Crippen molar-refractivity contribution >= 4 is 29.1 Å². The molecule has 0 atom stereocenters. The topological polar surface area (TPSA) is 52.7 Å². The summed E-state index contributed by atoms with van der Waals surface area (Å²) in [6, 6.07) is 14.8. The van der Waals surface area contributed by atoms with Crippen LogP contribution in [-0.4, -0.2) is 48.3 Å². The van der Waals surface area contributed by atoms with Crippen LogP contribution in [0, 0.1) is 0 Å². The van der Waals surface area contributed by atoms with E-state index in [4.69, 9.17) is 11.6 Å². The second kappa shape index (κ2) is 9.53. The Morgan fingerprint density at radius 1 is 1.07 bits per heavy atom. The molecular formula is C21H26ClN3O2. The van der Waals surface area contributed by atoms with E-state index in [1.54, 1.807) is 38.4 Å². The van der Waals surface area contributed by atoms with Crippen LogP contribution in [-0.2, 0) is 11.3 Å². The summed E-state index contributed by atoms with van der Waals surface area (Å²) in [7, 11) is 3.40. The van der Waals surface area contributed by atoms with Crippen molar-refractivity contribution in [1.29, 1.82) is 0 Å². The van der Waals surface area contributed by atoms with Gasteiger partial charge in [-0.1, -0.05) is 29.8 Å². The first kappa shape index (κ1) is 20.9. The van der Waals surface area contributed by atoms with Gasteiger partial charge in [-0.3, -0.25) is 14.5 Å². The van der Waals surface area contributed by atoms with Gasteiger partial charge in [0, 0.05) is 43.0 Å². The van der Waals surface area contributed by atoms with Gasteiger partial charge in [0.05, 0.1) is 6.54 Å². The Kier molecular flexibility index (Phi) is 7.39. The summed E-state index contributed by atoms with van der Waals surface area (Å²) in [5.74, 6) is -0.226. The molecule has 0 bridgehead atoms. The summed E-state index contributed by atoms with van der Waals surface area (Å²) in [5, 5.41) is 3.56. The quantitative estimate of drug-likeness (QED) is 0.784. The molecular weight excluding hydrogens is 362 g/mol. The first-order chi connectivity index (χ1) is 12.8. The van der Waals surface area contributed by atoms with Crippen molar-refractivity contribution in [1.82, 2.24) is 9.80 Å². The highest BCUT2D eigenvalue weighted by Crippen LogP contribution is 2.15. The molecule has 0 fully saturated rings. The van der Waals surface area contributed by atoms with Crippen molar-refractivity contribution in [2.45, 2.75) is 26.4 Å². The first-order valence-electron chi connectivity index (χ1n) is 8.86. The maximum absolute atomic E-state index is 12.5. The Morgan fingerprint density at radius 2 is 1.78 bits per heavy atom.